The molecule has 156 valence electrons. The van der Waals surface area contributed by atoms with Crippen molar-refractivity contribution in [3.8, 4) is 5.75 Å². The quantitative estimate of drug-likeness (QED) is 0.343. The summed E-state index contributed by atoms with van der Waals surface area (Å²) in [5, 5.41) is 0. The Bertz CT molecular complexity index is 828. The van der Waals surface area contributed by atoms with Crippen molar-refractivity contribution in [3.05, 3.63) is 64.2 Å². The van der Waals surface area contributed by atoms with Crippen LogP contribution in [0.4, 0.5) is 0 Å². The highest BCUT2D eigenvalue weighted by atomic mass is 16.5. The zero-order chi connectivity index (χ0) is 20.9. The van der Waals surface area contributed by atoms with E-state index in [4.69, 9.17) is 9.47 Å². The van der Waals surface area contributed by atoms with E-state index < -0.39 is 0 Å². The summed E-state index contributed by atoms with van der Waals surface area (Å²) in [5.41, 5.74) is 5.83. The molecular formula is C26H34O3. The van der Waals surface area contributed by atoms with E-state index in [-0.39, 0.29) is 11.2 Å². The monoisotopic (exact) mass is 394 g/mol. The molecule has 3 rings (SSSR count). The van der Waals surface area contributed by atoms with E-state index in [9.17, 15) is 4.79 Å². The summed E-state index contributed by atoms with van der Waals surface area (Å²) < 4.78 is 11.1. The van der Waals surface area contributed by atoms with Gasteiger partial charge in [-0.1, -0.05) is 57.5 Å². The lowest BCUT2D eigenvalue weighted by molar-refractivity contribution is 0.0990. The van der Waals surface area contributed by atoms with E-state index >= 15 is 0 Å². The second-order valence-corrected chi connectivity index (χ2v) is 9.06. The first-order valence-corrected chi connectivity index (χ1v) is 10.8. The van der Waals surface area contributed by atoms with Gasteiger partial charge in [0.25, 0.3) is 0 Å². The normalized spacial score (nSPS) is 14.2. The van der Waals surface area contributed by atoms with Crippen LogP contribution in [0.2, 0.25) is 0 Å². The summed E-state index contributed by atoms with van der Waals surface area (Å²) in [5.74, 6) is 0.970. The molecule has 0 bridgehead atoms. The van der Waals surface area contributed by atoms with Crippen LogP contribution in [0.1, 0.15) is 72.6 Å². The van der Waals surface area contributed by atoms with E-state index in [2.05, 4.69) is 45.0 Å². The Morgan fingerprint density at radius 2 is 1.59 bits per heavy atom. The molecule has 0 fully saturated rings. The molecule has 0 amide bonds. The highest BCUT2D eigenvalue weighted by Crippen LogP contribution is 2.30. The van der Waals surface area contributed by atoms with E-state index in [0.717, 1.165) is 29.7 Å². The average Bonchev–Trinajstić information content (AvgIpc) is 2.92. The molecule has 3 heteroatoms. The fourth-order valence-corrected chi connectivity index (χ4v) is 3.93. The van der Waals surface area contributed by atoms with Gasteiger partial charge in [-0.15, -0.1) is 0 Å². The molecule has 0 aliphatic heterocycles. The molecule has 2 aromatic rings. The number of rotatable bonds is 7. The zero-order valence-electron chi connectivity index (χ0n) is 18.3. The lowest BCUT2D eigenvalue weighted by Crippen LogP contribution is -2.12. The fraction of sp³-hybridized carbons (Fsp3) is 0.500. The summed E-state index contributed by atoms with van der Waals surface area (Å²) >= 11 is 0. The lowest BCUT2D eigenvalue weighted by atomic mass is 9.86. The van der Waals surface area contributed by atoms with Crippen molar-refractivity contribution < 1.29 is 14.3 Å². The van der Waals surface area contributed by atoms with Crippen LogP contribution in [-0.4, -0.2) is 26.1 Å². The molecular weight excluding hydrogens is 360 g/mol. The molecule has 0 radical (unpaired) electrons. The molecule has 0 atom stereocenters. The van der Waals surface area contributed by atoms with Gasteiger partial charge in [-0.2, -0.15) is 0 Å². The predicted octanol–water partition coefficient (Wildman–Crippen LogP) is 5.70. The van der Waals surface area contributed by atoms with Crippen LogP contribution in [0.3, 0.4) is 0 Å². The van der Waals surface area contributed by atoms with Crippen LogP contribution in [0, 0.1) is 0 Å². The first-order chi connectivity index (χ1) is 13.9. The molecule has 1 aliphatic rings. The van der Waals surface area contributed by atoms with Crippen molar-refractivity contribution in [2.24, 2.45) is 0 Å². The highest BCUT2D eigenvalue weighted by molar-refractivity contribution is 5.97. The van der Waals surface area contributed by atoms with Crippen molar-refractivity contribution in [3.63, 3.8) is 0 Å². The van der Waals surface area contributed by atoms with Crippen LogP contribution in [0.15, 0.2) is 36.4 Å². The lowest BCUT2D eigenvalue weighted by Gasteiger charge is -2.19. The van der Waals surface area contributed by atoms with Gasteiger partial charge in [0.1, 0.15) is 12.4 Å². The number of hydrogen-bond acceptors (Lipinski definition) is 3. The van der Waals surface area contributed by atoms with Crippen LogP contribution in [0.5, 0.6) is 5.75 Å². The van der Waals surface area contributed by atoms with Crippen LogP contribution in [-0.2, 0) is 29.4 Å². The Hall–Kier alpha value is -2.13. The van der Waals surface area contributed by atoms with Gasteiger partial charge in [0, 0.05) is 24.7 Å². The molecule has 0 saturated heterocycles. The molecule has 29 heavy (non-hydrogen) atoms. The van der Waals surface area contributed by atoms with E-state index in [1.807, 2.05) is 12.1 Å². The maximum absolute atomic E-state index is 13.0. The Kier molecular flexibility index (Phi) is 7.13. The Balaban J connectivity index is 1.83. The van der Waals surface area contributed by atoms with E-state index in [1.165, 1.54) is 36.0 Å². The van der Waals surface area contributed by atoms with Crippen molar-refractivity contribution in [1.29, 1.82) is 0 Å². The van der Waals surface area contributed by atoms with Gasteiger partial charge >= 0.3 is 0 Å². The first-order valence-electron chi connectivity index (χ1n) is 10.8. The second kappa shape index (κ2) is 9.58. The standard InChI is InChI=1S/C26H34O3/c1-26(2,3)23-12-10-19(11-13-23)24(27)17-22-16-20-8-6-5-7-9-21(20)18-25(22)29-15-14-28-4/h10-13,16,18H,5-9,14-15,17H2,1-4H3. The number of ether oxygens (including phenoxy) is 2. The van der Waals surface area contributed by atoms with Crippen molar-refractivity contribution in [2.75, 3.05) is 20.3 Å². The maximum atomic E-state index is 13.0. The van der Waals surface area contributed by atoms with Gasteiger partial charge in [0.05, 0.1) is 6.61 Å². The van der Waals surface area contributed by atoms with Crippen molar-refractivity contribution in [2.45, 2.75) is 64.7 Å². The summed E-state index contributed by atoms with van der Waals surface area (Å²) in [6.45, 7) is 7.59. The number of aryl methyl sites for hydroxylation is 2. The number of benzene rings is 2. The number of hydrogen-bond donors (Lipinski definition) is 0. The first kappa shape index (κ1) is 21.6. The SMILES string of the molecule is COCCOc1cc2c(cc1CC(=O)c1ccc(C(C)(C)C)cc1)CCCCC2. The highest BCUT2D eigenvalue weighted by Gasteiger charge is 2.18. The van der Waals surface area contributed by atoms with Gasteiger partial charge in [0.15, 0.2) is 5.78 Å². The largest absolute Gasteiger partial charge is 0.491 e. The molecule has 2 aromatic carbocycles. The van der Waals surface area contributed by atoms with E-state index in [0.29, 0.717) is 19.6 Å². The van der Waals surface area contributed by atoms with Crippen LogP contribution >= 0.6 is 0 Å². The maximum Gasteiger partial charge on any atom is 0.167 e. The molecule has 0 unspecified atom stereocenters. The Morgan fingerprint density at radius 1 is 0.931 bits per heavy atom. The minimum absolute atomic E-state index is 0.0843. The summed E-state index contributed by atoms with van der Waals surface area (Å²) in [6.07, 6.45) is 6.27. The molecule has 0 heterocycles. The molecule has 0 N–H and O–H groups in total. The molecule has 0 aromatic heterocycles. The minimum atomic E-state index is 0.0843. The Labute approximate surface area is 175 Å². The van der Waals surface area contributed by atoms with Crippen molar-refractivity contribution in [1.82, 2.24) is 0 Å². The van der Waals surface area contributed by atoms with Gasteiger partial charge in [-0.25, -0.2) is 0 Å². The number of carbonyl (C=O) groups is 1. The topological polar surface area (TPSA) is 35.5 Å². The summed E-state index contributed by atoms with van der Waals surface area (Å²) in [4.78, 5) is 13.0. The van der Waals surface area contributed by atoms with Gasteiger partial charge in [-0.05, 0) is 53.9 Å². The fourth-order valence-electron chi connectivity index (χ4n) is 3.93. The second-order valence-electron chi connectivity index (χ2n) is 9.06. The summed E-state index contributed by atoms with van der Waals surface area (Å²) in [7, 11) is 1.67. The molecule has 0 saturated carbocycles. The zero-order valence-corrected chi connectivity index (χ0v) is 18.3. The minimum Gasteiger partial charge on any atom is -0.491 e. The molecule has 1 aliphatic carbocycles. The average molecular weight is 395 g/mol. The van der Waals surface area contributed by atoms with E-state index in [1.54, 1.807) is 7.11 Å². The predicted molar refractivity (Wildman–Crippen MR) is 118 cm³/mol. The van der Waals surface area contributed by atoms with Crippen LogP contribution in [0.25, 0.3) is 0 Å². The molecule has 3 nitrogen and oxygen atoms in total. The third kappa shape index (κ3) is 5.70. The smallest absolute Gasteiger partial charge is 0.167 e. The number of Topliss-reactive ketones (excluding diaryl/α,β-unsaturated/α-hetero) is 1. The summed E-state index contributed by atoms with van der Waals surface area (Å²) in [6, 6.07) is 12.4. The van der Waals surface area contributed by atoms with Gasteiger partial charge in [-0.3, -0.25) is 4.79 Å². The van der Waals surface area contributed by atoms with Gasteiger partial charge < -0.3 is 9.47 Å². The van der Waals surface area contributed by atoms with Gasteiger partial charge in [0.2, 0.25) is 0 Å². The number of methoxy groups -OCH3 is 1. The third-order valence-electron chi connectivity index (χ3n) is 5.74. The third-order valence-corrected chi connectivity index (χ3v) is 5.74. The number of fused-ring (bicyclic) bond motifs is 1. The number of ketones is 1. The Morgan fingerprint density at radius 3 is 2.21 bits per heavy atom. The number of carbonyl (C=O) groups excluding carboxylic acids is 1. The van der Waals surface area contributed by atoms with Crippen LogP contribution < -0.4 is 4.74 Å². The molecule has 0 spiro atoms. The van der Waals surface area contributed by atoms with Crippen molar-refractivity contribution >= 4 is 5.78 Å².